The van der Waals surface area contributed by atoms with E-state index in [2.05, 4.69) is 0 Å². The number of hydrogen-bond donors (Lipinski definition) is 0. The van der Waals surface area contributed by atoms with Gasteiger partial charge in [-0.3, -0.25) is 0 Å². The van der Waals surface area contributed by atoms with Crippen LogP contribution in [-0.4, -0.2) is 26.2 Å². The van der Waals surface area contributed by atoms with Crippen LogP contribution in [0.2, 0.25) is 0 Å². The molecule has 0 radical (unpaired) electrons. The van der Waals surface area contributed by atoms with Gasteiger partial charge in [0.2, 0.25) is 0 Å². The Hall–Kier alpha value is -0.520. The van der Waals surface area contributed by atoms with E-state index in [1.807, 2.05) is 27.0 Å². The van der Waals surface area contributed by atoms with Gasteiger partial charge in [0.15, 0.2) is 0 Å². The van der Waals surface area contributed by atoms with Gasteiger partial charge < -0.3 is 0 Å². The third-order valence-electron chi connectivity index (χ3n) is 2.78. The minimum absolute atomic E-state index is 0.240. The van der Waals surface area contributed by atoms with E-state index in [0.717, 1.165) is 17.1 Å². The molecule has 0 atom stereocenters. The van der Waals surface area contributed by atoms with Gasteiger partial charge in [0.05, 0.1) is 4.90 Å². The molecule has 0 saturated heterocycles. The van der Waals surface area contributed by atoms with Gasteiger partial charge in [-0.05, 0) is 36.8 Å². The Morgan fingerprint density at radius 1 is 1.06 bits per heavy atom. The van der Waals surface area contributed by atoms with Crippen LogP contribution in [0.1, 0.15) is 19.4 Å². The van der Waals surface area contributed by atoms with E-state index in [4.69, 9.17) is 3.63 Å². The molecule has 0 aliphatic heterocycles. The third-order valence-corrected chi connectivity index (χ3v) is 8.11. The normalized spacial score (nSPS) is 13.6. The van der Waals surface area contributed by atoms with Gasteiger partial charge in [-0.2, -0.15) is 8.42 Å². The smallest absolute Gasteiger partial charge is 0.217 e. The van der Waals surface area contributed by atoms with Crippen LogP contribution in [-0.2, 0) is 13.7 Å². The van der Waals surface area contributed by atoms with Crippen LogP contribution in [0.5, 0.6) is 0 Å². The van der Waals surface area contributed by atoms with Gasteiger partial charge >= 0.3 is 10.1 Å². The SMILES string of the molecule is CCS(C)(CC)OS(=O)(=O)c1ccc(C)cc1. The predicted molar refractivity (Wildman–Crippen MR) is 74.0 cm³/mol. The third kappa shape index (κ3) is 3.72. The highest BCUT2D eigenvalue weighted by molar-refractivity contribution is 8.32. The molecule has 1 aromatic carbocycles. The minimum atomic E-state index is -3.62. The summed E-state index contributed by atoms with van der Waals surface area (Å²) in [6.07, 6.45) is 1.90. The first kappa shape index (κ1) is 14.5. The molecule has 0 bridgehead atoms. The van der Waals surface area contributed by atoms with Crippen molar-refractivity contribution in [2.45, 2.75) is 25.7 Å². The van der Waals surface area contributed by atoms with E-state index in [-0.39, 0.29) is 4.90 Å². The molecule has 3 nitrogen and oxygen atoms in total. The Kier molecular flexibility index (Phi) is 4.63. The number of hydrogen-bond acceptors (Lipinski definition) is 3. The Morgan fingerprint density at radius 2 is 1.53 bits per heavy atom. The quantitative estimate of drug-likeness (QED) is 0.830. The molecule has 0 spiro atoms. The lowest BCUT2D eigenvalue weighted by Crippen LogP contribution is -2.14. The maximum atomic E-state index is 12.1. The molecule has 1 rings (SSSR count). The molecule has 98 valence electrons. The second kappa shape index (κ2) is 5.42. The second-order valence-electron chi connectivity index (χ2n) is 4.10. The average Bonchev–Trinajstić information content (AvgIpc) is 2.29. The molecule has 0 aliphatic carbocycles. The summed E-state index contributed by atoms with van der Waals surface area (Å²) in [6, 6.07) is 6.74. The zero-order valence-electron chi connectivity index (χ0n) is 10.8. The van der Waals surface area contributed by atoms with Gasteiger partial charge in [0.1, 0.15) is 0 Å². The molecule has 1 aromatic rings. The molecule has 0 N–H and O–H groups in total. The first-order valence-corrected chi connectivity index (χ1v) is 9.30. The summed E-state index contributed by atoms with van der Waals surface area (Å²) in [6.45, 7) is 5.84. The maximum Gasteiger partial charge on any atom is 0.306 e. The first-order chi connectivity index (χ1) is 7.83. The number of rotatable bonds is 5. The lowest BCUT2D eigenvalue weighted by Gasteiger charge is -2.31. The van der Waals surface area contributed by atoms with Crippen LogP contribution >= 0.6 is 10.3 Å². The van der Waals surface area contributed by atoms with Gasteiger partial charge in [-0.25, -0.2) is 3.63 Å². The predicted octanol–water partition coefficient (Wildman–Crippen LogP) is 3.09. The second-order valence-corrected chi connectivity index (χ2v) is 9.54. The fourth-order valence-corrected chi connectivity index (χ4v) is 4.95. The zero-order valence-corrected chi connectivity index (χ0v) is 12.4. The van der Waals surface area contributed by atoms with E-state index < -0.39 is 20.4 Å². The summed E-state index contributed by atoms with van der Waals surface area (Å²) < 4.78 is 29.6. The Labute approximate surface area is 106 Å². The van der Waals surface area contributed by atoms with Crippen LogP contribution in [0.15, 0.2) is 29.2 Å². The van der Waals surface area contributed by atoms with E-state index in [9.17, 15) is 8.42 Å². The average molecular weight is 276 g/mol. The van der Waals surface area contributed by atoms with Crippen molar-refractivity contribution in [1.82, 2.24) is 0 Å². The maximum absolute atomic E-state index is 12.1. The van der Waals surface area contributed by atoms with Crippen molar-refractivity contribution in [2.24, 2.45) is 0 Å². The molecule has 0 aromatic heterocycles. The number of benzene rings is 1. The largest absolute Gasteiger partial charge is 0.306 e. The fraction of sp³-hybridized carbons (Fsp3) is 0.500. The van der Waals surface area contributed by atoms with Crippen LogP contribution in [0, 0.1) is 6.92 Å². The van der Waals surface area contributed by atoms with Gasteiger partial charge in [-0.15, -0.1) is 10.3 Å². The molecule has 0 amide bonds. The van der Waals surface area contributed by atoms with E-state index in [0.29, 0.717) is 0 Å². The molecule has 5 heteroatoms. The van der Waals surface area contributed by atoms with Crippen molar-refractivity contribution in [1.29, 1.82) is 0 Å². The van der Waals surface area contributed by atoms with Crippen molar-refractivity contribution >= 4 is 20.4 Å². The fourth-order valence-electron chi connectivity index (χ4n) is 1.26. The summed E-state index contributed by atoms with van der Waals surface area (Å²) in [5.41, 5.74) is 1.03. The topological polar surface area (TPSA) is 43.4 Å². The number of aryl methyl sites for hydroxylation is 1. The molecule has 17 heavy (non-hydrogen) atoms. The summed E-state index contributed by atoms with van der Waals surface area (Å²) >= 11 is 0. The van der Waals surface area contributed by atoms with Crippen LogP contribution in [0.25, 0.3) is 0 Å². The van der Waals surface area contributed by atoms with Crippen LogP contribution in [0.3, 0.4) is 0 Å². The van der Waals surface area contributed by atoms with E-state index in [1.54, 1.807) is 24.3 Å². The lowest BCUT2D eigenvalue weighted by molar-refractivity contribution is 0.510. The zero-order chi connectivity index (χ0) is 13.1. The molecule has 0 unspecified atom stereocenters. The Bertz CT molecular complexity index is 459. The molecule has 0 fully saturated rings. The van der Waals surface area contributed by atoms with Gasteiger partial charge in [0.25, 0.3) is 0 Å². The standard InChI is InChI=1S/C12H20O3S2/c1-5-16(4,6-2)15-17(13,14)12-9-7-11(3)8-10-12/h7-10H,5-6H2,1-4H3. The Morgan fingerprint density at radius 3 is 1.94 bits per heavy atom. The Balaban J connectivity index is 3.00. The molecular weight excluding hydrogens is 256 g/mol. The monoisotopic (exact) mass is 276 g/mol. The van der Waals surface area contributed by atoms with Crippen molar-refractivity contribution < 1.29 is 12.0 Å². The van der Waals surface area contributed by atoms with Crippen LogP contribution in [0.4, 0.5) is 0 Å². The highest BCUT2D eigenvalue weighted by atomic mass is 32.3. The van der Waals surface area contributed by atoms with Crippen molar-refractivity contribution in [3.05, 3.63) is 29.8 Å². The van der Waals surface area contributed by atoms with Crippen LogP contribution < -0.4 is 0 Å². The highest BCUT2D eigenvalue weighted by Crippen LogP contribution is 2.47. The van der Waals surface area contributed by atoms with Gasteiger partial charge in [-0.1, -0.05) is 31.5 Å². The summed E-state index contributed by atoms with van der Waals surface area (Å²) in [5, 5.41) is 0. The minimum Gasteiger partial charge on any atom is -0.217 e. The van der Waals surface area contributed by atoms with E-state index in [1.165, 1.54) is 0 Å². The van der Waals surface area contributed by atoms with Crippen molar-refractivity contribution in [3.8, 4) is 0 Å². The summed E-state index contributed by atoms with van der Waals surface area (Å²) in [7, 11) is -5.14. The first-order valence-electron chi connectivity index (χ1n) is 5.59. The summed E-state index contributed by atoms with van der Waals surface area (Å²) in [4.78, 5) is 0.240. The highest BCUT2D eigenvalue weighted by Gasteiger charge is 2.25. The molecular formula is C12H20O3S2. The molecule has 0 saturated carbocycles. The van der Waals surface area contributed by atoms with Gasteiger partial charge in [0, 0.05) is 0 Å². The summed E-state index contributed by atoms with van der Waals surface area (Å²) in [5.74, 6) is 1.49. The lowest BCUT2D eigenvalue weighted by atomic mass is 10.2. The van der Waals surface area contributed by atoms with Crippen molar-refractivity contribution in [3.63, 3.8) is 0 Å². The molecule has 0 aliphatic rings. The molecule has 0 heterocycles. The van der Waals surface area contributed by atoms with E-state index >= 15 is 0 Å². The van der Waals surface area contributed by atoms with Crippen molar-refractivity contribution in [2.75, 3.05) is 17.8 Å².